The second kappa shape index (κ2) is 4.64. The van der Waals surface area contributed by atoms with Crippen LogP contribution in [0.5, 0.6) is 5.75 Å². The number of anilines is 2. The monoisotopic (exact) mass is 196 g/mol. The van der Waals surface area contributed by atoms with Gasteiger partial charge in [-0.1, -0.05) is 0 Å². The molecule has 2 N–H and O–H groups in total. The summed E-state index contributed by atoms with van der Waals surface area (Å²) in [5.74, 6) is 1.15. The van der Waals surface area contributed by atoms with Crippen molar-refractivity contribution < 1.29 is 5.11 Å². The van der Waals surface area contributed by atoms with E-state index < -0.39 is 0 Å². The maximum Gasteiger partial charge on any atom is 0.201 e. The van der Waals surface area contributed by atoms with Gasteiger partial charge in [0, 0.05) is 20.1 Å². The second-order valence-electron chi connectivity index (χ2n) is 2.82. The molecule has 5 nitrogen and oxygen atoms in total. The van der Waals surface area contributed by atoms with Crippen LogP contribution in [-0.4, -0.2) is 35.2 Å². The molecule has 1 aromatic rings. The van der Waals surface area contributed by atoms with Gasteiger partial charge in [0.2, 0.25) is 5.75 Å². The second-order valence-corrected chi connectivity index (χ2v) is 2.82. The minimum atomic E-state index is 0.110. The van der Waals surface area contributed by atoms with Gasteiger partial charge < -0.3 is 15.3 Å². The zero-order chi connectivity index (χ0) is 10.6. The molecule has 0 atom stereocenters. The average molecular weight is 196 g/mol. The summed E-state index contributed by atoms with van der Waals surface area (Å²) in [6, 6.07) is 0. The number of hydrogen-bond donors (Lipinski definition) is 2. The molecule has 0 aliphatic heterocycles. The minimum Gasteiger partial charge on any atom is -0.502 e. The molecule has 1 rings (SSSR count). The van der Waals surface area contributed by atoms with Crippen LogP contribution in [0.1, 0.15) is 13.8 Å². The summed E-state index contributed by atoms with van der Waals surface area (Å²) in [6.07, 6.45) is 1.44. The van der Waals surface area contributed by atoms with Crippen molar-refractivity contribution >= 4 is 11.6 Å². The molecular weight excluding hydrogens is 180 g/mol. The maximum atomic E-state index is 9.79. The van der Waals surface area contributed by atoms with E-state index in [1.165, 1.54) is 6.33 Å². The molecule has 0 aromatic carbocycles. The molecule has 14 heavy (non-hydrogen) atoms. The molecule has 5 heteroatoms. The van der Waals surface area contributed by atoms with Crippen LogP contribution in [0.15, 0.2) is 6.33 Å². The predicted octanol–water partition coefficient (Wildman–Crippen LogP) is 1.07. The van der Waals surface area contributed by atoms with E-state index in [1.807, 2.05) is 18.7 Å². The van der Waals surface area contributed by atoms with Gasteiger partial charge in [0.05, 0.1) is 0 Å². The van der Waals surface area contributed by atoms with Gasteiger partial charge in [0.1, 0.15) is 6.33 Å². The van der Waals surface area contributed by atoms with E-state index in [2.05, 4.69) is 15.3 Å². The number of aromatic nitrogens is 2. The Hall–Kier alpha value is -1.52. The van der Waals surface area contributed by atoms with Crippen LogP contribution < -0.4 is 10.2 Å². The lowest BCUT2D eigenvalue weighted by molar-refractivity contribution is 0.471. The molecule has 0 aliphatic rings. The highest BCUT2D eigenvalue weighted by Gasteiger charge is 2.12. The Bertz CT molecular complexity index is 299. The molecule has 0 fully saturated rings. The molecule has 1 aromatic heterocycles. The fraction of sp³-hybridized carbons (Fsp3) is 0.556. The van der Waals surface area contributed by atoms with Crippen LogP contribution in [0.3, 0.4) is 0 Å². The van der Waals surface area contributed by atoms with Gasteiger partial charge in [0.15, 0.2) is 11.6 Å². The summed E-state index contributed by atoms with van der Waals surface area (Å²) in [7, 11) is 1.72. The fourth-order valence-corrected chi connectivity index (χ4v) is 1.31. The lowest BCUT2D eigenvalue weighted by Crippen LogP contribution is -2.23. The Balaban J connectivity index is 3.07. The molecule has 1 heterocycles. The van der Waals surface area contributed by atoms with Gasteiger partial charge in [-0.05, 0) is 13.8 Å². The molecule has 0 bridgehead atoms. The van der Waals surface area contributed by atoms with Gasteiger partial charge in [-0.2, -0.15) is 0 Å². The maximum absolute atomic E-state index is 9.79. The van der Waals surface area contributed by atoms with Gasteiger partial charge in [-0.15, -0.1) is 0 Å². The first-order chi connectivity index (χ1) is 6.74. The van der Waals surface area contributed by atoms with Crippen LogP contribution >= 0.6 is 0 Å². The number of nitrogens with zero attached hydrogens (tertiary/aromatic N) is 3. The first-order valence-electron chi connectivity index (χ1n) is 4.71. The van der Waals surface area contributed by atoms with E-state index in [4.69, 9.17) is 0 Å². The van der Waals surface area contributed by atoms with E-state index in [0.29, 0.717) is 11.6 Å². The van der Waals surface area contributed by atoms with Crippen LogP contribution in [0, 0.1) is 0 Å². The lowest BCUT2D eigenvalue weighted by Gasteiger charge is -2.20. The molecule has 0 aliphatic carbocycles. The van der Waals surface area contributed by atoms with Gasteiger partial charge >= 0.3 is 0 Å². The van der Waals surface area contributed by atoms with Gasteiger partial charge in [0.25, 0.3) is 0 Å². The number of rotatable bonds is 4. The summed E-state index contributed by atoms with van der Waals surface area (Å²) in [4.78, 5) is 9.93. The van der Waals surface area contributed by atoms with Crippen molar-refractivity contribution in [1.29, 1.82) is 0 Å². The quantitative estimate of drug-likeness (QED) is 0.754. The molecule has 0 saturated heterocycles. The van der Waals surface area contributed by atoms with Crippen molar-refractivity contribution in [3.63, 3.8) is 0 Å². The van der Waals surface area contributed by atoms with E-state index in [-0.39, 0.29) is 5.75 Å². The van der Waals surface area contributed by atoms with Gasteiger partial charge in [-0.25, -0.2) is 9.97 Å². The third-order valence-electron chi connectivity index (χ3n) is 2.10. The first kappa shape index (κ1) is 10.6. The Morgan fingerprint density at radius 3 is 2.50 bits per heavy atom. The average Bonchev–Trinajstić information content (AvgIpc) is 2.22. The summed E-state index contributed by atoms with van der Waals surface area (Å²) in [6.45, 7) is 5.66. The summed E-state index contributed by atoms with van der Waals surface area (Å²) in [5, 5.41) is 12.6. The first-order valence-corrected chi connectivity index (χ1v) is 4.71. The molecular formula is C9H16N4O. The molecule has 0 radical (unpaired) electrons. The Morgan fingerprint density at radius 1 is 1.36 bits per heavy atom. The van der Waals surface area contributed by atoms with E-state index in [9.17, 15) is 5.11 Å². The van der Waals surface area contributed by atoms with Crippen LogP contribution in [0.2, 0.25) is 0 Å². The smallest absolute Gasteiger partial charge is 0.201 e. The molecule has 78 valence electrons. The Labute approximate surface area is 83.8 Å². The topological polar surface area (TPSA) is 61.3 Å². The highest BCUT2D eigenvalue weighted by atomic mass is 16.3. The van der Waals surface area contributed by atoms with E-state index >= 15 is 0 Å². The fourth-order valence-electron chi connectivity index (χ4n) is 1.31. The van der Waals surface area contributed by atoms with E-state index in [1.54, 1.807) is 7.05 Å². The molecule has 0 unspecified atom stereocenters. The SMILES string of the molecule is CCN(CC)c1ncnc(NC)c1O. The third-order valence-corrected chi connectivity index (χ3v) is 2.10. The van der Waals surface area contributed by atoms with Crippen molar-refractivity contribution in [2.75, 3.05) is 30.4 Å². The standard InChI is InChI=1S/C9H16N4O/c1-4-13(5-2)9-7(14)8(10-3)11-6-12-9/h6,14H,4-5H2,1-3H3,(H,10,11,12). The molecule has 0 amide bonds. The van der Waals surface area contributed by atoms with E-state index in [0.717, 1.165) is 13.1 Å². The third kappa shape index (κ3) is 1.86. The van der Waals surface area contributed by atoms with Crippen molar-refractivity contribution in [2.24, 2.45) is 0 Å². The predicted molar refractivity (Wildman–Crippen MR) is 56.8 cm³/mol. The van der Waals surface area contributed by atoms with Crippen LogP contribution in [0.25, 0.3) is 0 Å². The van der Waals surface area contributed by atoms with Crippen molar-refractivity contribution in [2.45, 2.75) is 13.8 Å². The minimum absolute atomic E-state index is 0.110. The number of aromatic hydroxyl groups is 1. The highest BCUT2D eigenvalue weighted by Crippen LogP contribution is 2.29. The van der Waals surface area contributed by atoms with Crippen molar-refractivity contribution in [3.8, 4) is 5.75 Å². The zero-order valence-electron chi connectivity index (χ0n) is 8.78. The zero-order valence-corrected chi connectivity index (χ0v) is 8.78. The van der Waals surface area contributed by atoms with Crippen LogP contribution in [0.4, 0.5) is 11.6 Å². The lowest BCUT2D eigenvalue weighted by atomic mass is 10.4. The largest absolute Gasteiger partial charge is 0.502 e. The van der Waals surface area contributed by atoms with Gasteiger partial charge in [-0.3, -0.25) is 0 Å². The summed E-state index contributed by atoms with van der Waals surface area (Å²) in [5.41, 5.74) is 0. The molecule has 0 spiro atoms. The number of nitrogens with one attached hydrogen (secondary N) is 1. The van der Waals surface area contributed by atoms with Crippen molar-refractivity contribution in [1.82, 2.24) is 9.97 Å². The normalized spacial score (nSPS) is 9.93. The van der Waals surface area contributed by atoms with Crippen LogP contribution in [-0.2, 0) is 0 Å². The highest BCUT2D eigenvalue weighted by molar-refractivity contribution is 5.63. The summed E-state index contributed by atoms with van der Waals surface area (Å²) >= 11 is 0. The Kier molecular flexibility index (Phi) is 3.50. The Morgan fingerprint density at radius 2 is 2.00 bits per heavy atom. The summed E-state index contributed by atoms with van der Waals surface area (Å²) < 4.78 is 0. The van der Waals surface area contributed by atoms with Crippen molar-refractivity contribution in [3.05, 3.63) is 6.33 Å². The number of hydrogen-bond acceptors (Lipinski definition) is 5. The molecule has 0 saturated carbocycles.